The van der Waals surface area contributed by atoms with Crippen LogP contribution in [0.3, 0.4) is 0 Å². The summed E-state index contributed by atoms with van der Waals surface area (Å²) < 4.78 is 0. The number of carbonyl (C=O) groups excluding carboxylic acids is 1. The monoisotopic (exact) mass is 194 g/mol. The van der Waals surface area contributed by atoms with Crippen molar-refractivity contribution in [3.63, 3.8) is 0 Å². The highest BCUT2D eigenvalue weighted by Crippen LogP contribution is 2.35. The van der Waals surface area contributed by atoms with Gasteiger partial charge in [0.25, 0.3) is 5.91 Å². The summed E-state index contributed by atoms with van der Waals surface area (Å²) in [5, 5.41) is 8.99. The quantitative estimate of drug-likeness (QED) is 0.736. The Morgan fingerprint density at radius 3 is 3.14 bits per heavy atom. The molecular formula is C9H14N4O. The summed E-state index contributed by atoms with van der Waals surface area (Å²) >= 11 is 0. The van der Waals surface area contributed by atoms with E-state index in [1.165, 1.54) is 19.2 Å². The molecular weight excluding hydrogens is 180 g/mol. The number of amides is 1. The van der Waals surface area contributed by atoms with Crippen LogP contribution in [-0.2, 0) is 0 Å². The van der Waals surface area contributed by atoms with E-state index >= 15 is 0 Å². The zero-order chi connectivity index (χ0) is 9.97. The maximum atomic E-state index is 11.4. The topological polar surface area (TPSA) is 70.7 Å². The molecule has 1 saturated carbocycles. The van der Waals surface area contributed by atoms with Crippen molar-refractivity contribution in [3.05, 3.63) is 12.2 Å². The van der Waals surface area contributed by atoms with Crippen LogP contribution < -0.4 is 5.32 Å². The fourth-order valence-electron chi connectivity index (χ4n) is 1.48. The summed E-state index contributed by atoms with van der Waals surface area (Å²) in [5.41, 5.74) is 0. The fourth-order valence-corrected chi connectivity index (χ4v) is 1.48. The molecule has 1 heterocycles. The molecule has 0 aliphatic heterocycles. The second kappa shape index (κ2) is 3.77. The van der Waals surface area contributed by atoms with Crippen molar-refractivity contribution in [2.24, 2.45) is 11.8 Å². The number of aromatic amines is 1. The van der Waals surface area contributed by atoms with Crippen LogP contribution in [0.2, 0.25) is 0 Å². The summed E-state index contributed by atoms with van der Waals surface area (Å²) in [6.45, 7) is 2.89. The number of nitrogens with zero attached hydrogens (tertiary/aromatic N) is 2. The Bertz CT molecular complexity index is 305. The van der Waals surface area contributed by atoms with Crippen LogP contribution >= 0.6 is 0 Å². The molecule has 1 aromatic rings. The van der Waals surface area contributed by atoms with E-state index in [4.69, 9.17) is 0 Å². The Hall–Kier alpha value is -1.39. The van der Waals surface area contributed by atoms with Gasteiger partial charge in [-0.05, 0) is 24.7 Å². The van der Waals surface area contributed by atoms with Crippen LogP contribution in [0.5, 0.6) is 0 Å². The lowest BCUT2D eigenvalue weighted by Crippen LogP contribution is -2.29. The predicted molar refractivity (Wildman–Crippen MR) is 50.6 cm³/mol. The van der Waals surface area contributed by atoms with Gasteiger partial charge in [0, 0.05) is 6.54 Å². The Morgan fingerprint density at radius 1 is 1.79 bits per heavy atom. The third-order valence-electron chi connectivity index (χ3n) is 2.64. The first kappa shape index (κ1) is 9.18. The van der Waals surface area contributed by atoms with E-state index in [9.17, 15) is 4.79 Å². The molecule has 1 unspecified atom stereocenters. The first-order valence-electron chi connectivity index (χ1n) is 4.91. The number of H-pyrrole nitrogens is 1. The van der Waals surface area contributed by atoms with E-state index in [1.54, 1.807) is 0 Å². The van der Waals surface area contributed by atoms with E-state index in [1.807, 2.05) is 0 Å². The number of aromatic nitrogens is 3. The molecule has 1 aromatic heterocycles. The van der Waals surface area contributed by atoms with E-state index < -0.39 is 0 Å². The average Bonchev–Trinajstić information content (AvgIpc) is 2.90. The van der Waals surface area contributed by atoms with Gasteiger partial charge in [0.05, 0.1) is 0 Å². The maximum Gasteiger partial charge on any atom is 0.288 e. The van der Waals surface area contributed by atoms with Crippen LogP contribution in [-0.4, -0.2) is 27.6 Å². The van der Waals surface area contributed by atoms with Gasteiger partial charge in [0.15, 0.2) is 0 Å². The minimum absolute atomic E-state index is 0.171. The summed E-state index contributed by atoms with van der Waals surface area (Å²) in [7, 11) is 0. The van der Waals surface area contributed by atoms with E-state index in [2.05, 4.69) is 27.4 Å². The Balaban J connectivity index is 1.77. The van der Waals surface area contributed by atoms with Gasteiger partial charge in [-0.25, -0.2) is 4.98 Å². The highest BCUT2D eigenvalue weighted by Gasteiger charge is 2.28. The van der Waals surface area contributed by atoms with Gasteiger partial charge >= 0.3 is 0 Å². The van der Waals surface area contributed by atoms with Crippen LogP contribution in [0.1, 0.15) is 30.4 Å². The van der Waals surface area contributed by atoms with Crippen LogP contribution in [0.25, 0.3) is 0 Å². The largest absolute Gasteiger partial charge is 0.349 e. The van der Waals surface area contributed by atoms with Crippen molar-refractivity contribution in [1.82, 2.24) is 20.5 Å². The van der Waals surface area contributed by atoms with Crippen molar-refractivity contribution >= 4 is 5.91 Å². The standard InChI is InChI=1S/C9H14N4O/c1-6(7-2-3-7)4-10-9(14)8-11-5-12-13-8/h5-7H,2-4H2,1H3,(H,10,14)(H,11,12,13). The van der Waals surface area contributed by atoms with Crippen molar-refractivity contribution in [2.45, 2.75) is 19.8 Å². The number of nitrogens with one attached hydrogen (secondary N) is 2. The van der Waals surface area contributed by atoms with Gasteiger partial charge in [0.2, 0.25) is 5.82 Å². The second-order valence-corrected chi connectivity index (χ2v) is 3.86. The zero-order valence-electron chi connectivity index (χ0n) is 8.16. The molecule has 2 rings (SSSR count). The molecule has 2 N–H and O–H groups in total. The molecule has 1 amide bonds. The minimum Gasteiger partial charge on any atom is -0.349 e. The smallest absolute Gasteiger partial charge is 0.288 e. The molecule has 1 fully saturated rings. The van der Waals surface area contributed by atoms with E-state index in [0.29, 0.717) is 5.92 Å². The van der Waals surface area contributed by atoms with Crippen molar-refractivity contribution in [3.8, 4) is 0 Å². The Labute approximate surface area is 82.3 Å². The number of hydrogen-bond acceptors (Lipinski definition) is 3. The first-order chi connectivity index (χ1) is 6.77. The van der Waals surface area contributed by atoms with E-state index in [0.717, 1.165) is 12.5 Å². The molecule has 0 bridgehead atoms. The van der Waals surface area contributed by atoms with Gasteiger partial charge < -0.3 is 5.32 Å². The highest BCUT2D eigenvalue weighted by atomic mass is 16.2. The Kier molecular flexibility index (Phi) is 2.47. The molecule has 0 aromatic carbocycles. The third kappa shape index (κ3) is 2.10. The van der Waals surface area contributed by atoms with Gasteiger partial charge in [0.1, 0.15) is 6.33 Å². The molecule has 0 radical (unpaired) electrons. The highest BCUT2D eigenvalue weighted by molar-refractivity contribution is 5.90. The normalized spacial score (nSPS) is 17.8. The van der Waals surface area contributed by atoms with Crippen molar-refractivity contribution in [1.29, 1.82) is 0 Å². The van der Waals surface area contributed by atoms with Crippen LogP contribution in [0.15, 0.2) is 6.33 Å². The van der Waals surface area contributed by atoms with E-state index in [-0.39, 0.29) is 11.7 Å². The minimum atomic E-state index is -0.171. The zero-order valence-corrected chi connectivity index (χ0v) is 8.16. The lowest BCUT2D eigenvalue weighted by Gasteiger charge is -2.09. The van der Waals surface area contributed by atoms with Gasteiger partial charge in [-0.3, -0.25) is 9.89 Å². The fraction of sp³-hybridized carbons (Fsp3) is 0.667. The molecule has 1 aliphatic carbocycles. The molecule has 1 atom stereocenters. The molecule has 0 saturated heterocycles. The summed E-state index contributed by atoms with van der Waals surface area (Å²) in [6.07, 6.45) is 3.94. The average molecular weight is 194 g/mol. The molecule has 5 nitrogen and oxygen atoms in total. The van der Waals surface area contributed by atoms with Gasteiger partial charge in [-0.1, -0.05) is 6.92 Å². The van der Waals surface area contributed by atoms with Gasteiger partial charge in [-0.2, -0.15) is 5.10 Å². The SMILES string of the molecule is CC(CNC(=O)c1ncn[nH]1)C1CC1. The lowest BCUT2D eigenvalue weighted by atomic mass is 10.1. The predicted octanol–water partition coefficient (Wildman–Crippen LogP) is 0.581. The van der Waals surface area contributed by atoms with Gasteiger partial charge in [-0.15, -0.1) is 0 Å². The third-order valence-corrected chi connectivity index (χ3v) is 2.64. The number of rotatable bonds is 4. The summed E-state index contributed by atoms with van der Waals surface area (Å²) in [5.74, 6) is 1.50. The Morgan fingerprint density at radius 2 is 2.57 bits per heavy atom. The molecule has 0 spiro atoms. The van der Waals surface area contributed by atoms with Crippen molar-refractivity contribution < 1.29 is 4.79 Å². The maximum absolute atomic E-state index is 11.4. The summed E-state index contributed by atoms with van der Waals surface area (Å²) in [4.78, 5) is 15.2. The summed E-state index contributed by atoms with van der Waals surface area (Å²) in [6, 6.07) is 0. The molecule has 14 heavy (non-hydrogen) atoms. The second-order valence-electron chi connectivity index (χ2n) is 3.86. The first-order valence-corrected chi connectivity index (χ1v) is 4.91. The van der Waals surface area contributed by atoms with Crippen LogP contribution in [0.4, 0.5) is 0 Å². The number of carbonyl (C=O) groups is 1. The molecule has 5 heteroatoms. The molecule has 76 valence electrons. The number of hydrogen-bond donors (Lipinski definition) is 2. The van der Waals surface area contributed by atoms with Crippen LogP contribution in [0, 0.1) is 11.8 Å². The lowest BCUT2D eigenvalue weighted by molar-refractivity contribution is 0.0936. The van der Waals surface area contributed by atoms with Crippen molar-refractivity contribution in [2.75, 3.05) is 6.54 Å². The molecule has 1 aliphatic rings.